The molecule has 0 radical (unpaired) electrons. The molecule has 0 spiro atoms. The van der Waals surface area contributed by atoms with Gasteiger partial charge in [0.05, 0.1) is 11.5 Å². The number of carbonyl (C=O) groups excluding carboxylic acids is 3. The number of hydrogen-bond donors (Lipinski definition) is 3. The molecule has 192 valence electrons. The minimum absolute atomic E-state index is 0.315. The van der Waals surface area contributed by atoms with Gasteiger partial charge in [-0.3, -0.25) is 19.4 Å². The van der Waals surface area contributed by atoms with Gasteiger partial charge < -0.3 is 15.7 Å². The van der Waals surface area contributed by atoms with Crippen molar-refractivity contribution in [2.75, 3.05) is 10.6 Å². The summed E-state index contributed by atoms with van der Waals surface area (Å²) in [5.41, 5.74) is 4.01. The molecule has 0 aliphatic heterocycles. The van der Waals surface area contributed by atoms with Crippen molar-refractivity contribution in [1.82, 2.24) is 4.98 Å². The molecule has 1 saturated carbocycles. The molecule has 3 aromatic rings. The van der Waals surface area contributed by atoms with E-state index < -0.39 is 41.0 Å². The first-order valence-electron chi connectivity index (χ1n) is 12.4. The fourth-order valence-electron chi connectivity index (χ4n) is 5.41. The van der Waals surface area contributed by atoms with E-state index in [1.165, 1.54) is 6.92 Å². The van der Waals surface area contributed by atoms with E-state index in [0.29, 0.717) is 16.9 Å². The predicted octanol–water partition coefficient (Wildman–Crippen LogP) is 4.63. The zero-order valence-corrected chi connectivity index (χ0v) is 21.8. The van der Waals surface area contributed by atoms with E-state index in [2.05, 4.69) is 15.6 Å². The average Bonchev–Trinajstić information content (AvgIpc) is 2.82. The Morgan fingerprint density at radius 3 is 1.89 bits per heavy atom. The molecule has 2 aromatic carbocycles. The molecule has 37 heavy (non-hydrogen) atoms. The molecule has 1 aliphatic rings. The summed E-state index contributed by atoms with van der Waals surface area (Å²) in [7, 11) is 0. The number of nitrogens with zero attached hydrogens (tertiary/aromatic N) is 1. The number of amides is 2. The zero-order valence-electron chi connectivity index (χ0n) is 21.8. The van der Waals surface area contributed by atoms with Crippen molar-refractivity contribution in [3.8, 4) is 0 Å². The standard InChI is InChI=1S/C30H33N3O4/c1-17-6-8-22(19(3)14-17)32-28(35)26-24(34)16-30(5,37)27(25(26)21-10-12-31-13-11-21)29(36)33-23-9-7-18(2)15-20(23)4/h6-15,25-27,37H,16H2,1-5H3,(H,32,35)(H,33,36). The van der Waals surface area contributed by atoms with Crippen LogP contribution in [0.25, 0.3) is 0 Å². The van der Waals surface area contributed by atoms with E-state index in [4.69, 9.17) is 0 Å². The van der Waals surface area contributed by atoms with Gasteiger partial charge >= 0.3 is 0 Å². The average molecular weight is 500 g/mol. The Labute approximate surface area is 217 Å². The Morgan fingerprint density at radius 2 is 1.38 bits per heavy atom. The van der Waals surface area contributed by atoms with Gasteiger partial charge in [-0.2, -0.15) is 0 Å². The zero-order chi connectivity index (χ0) is 26.9. The topological polar surface area (TPSA) is 108 Å². The normalized spacial score (nSPS) is 23.4. The molecule has 0 bridgehead atoms. The predicted molar refractivity (Wildman–Crippen MR) is 143 cm³/mol. The molecule has 4 rings (SSSR count). The van der Waals surface area contributed by atoms with Crippen LogP contribution < -0.4 is 10.6 Å². The third-order valence-electron chi connectivity index (χ3n) is 7.20. The first-order valence-corrected chi connectivity index (χ1v) is 12.4. The van der Waals surface area contributed by atoms with Gasteiger partial charge in [-0.25, -0.2) is 0 Å². The van der Waals surface area contributed by atoms with Crippen molar-refractivity contribution in [2.45, 2.75) is 52.6 Å². The molecule has 4 unspecified atom stereocenters. The number of aryl methyl sites for hydroxylation is 4. The molecule has 3 N–H and O–H groups in total. The summed E-state index contributed by atoms with van der Waals surface area (Å²) in [6.07, 6.45) is 2.80. The van der Waals surface area contributed by atoms with Gasteiger partial charge in [0.1, 0.15) is 11.7 Å². The van der Waals surface area contributed by atoms with E-state index in [9.17, 15) is 19.5 Å². The summed E-state index contributed by atoms with van der Waals surface area (Å²) in [4.78, 5) is 44.9. The molecule has 4 atom stereocenters. The van der Waals surface area contributed by atoms with Gasteiger partial charge in [0, 0.05) is 36.1 Å². The van der Waals surface area contributed by atoms with Crippen molar-refractivity contribution in [1.29, 1.82) is 0 Å². The number of hydrogen-bond acceptors (Lipinski definition) is 5. The van der Waals surface area contributed by atoms with Crippen LogP contribution in [0.15, 0.2) is 60.9 Å². The van der Waals surface area contributed by atoms with E-state index in [1.807, 2.05) is 58.0 Å². The number of ketones is 1. The highest BCUT2D eigenvalue weighted by Crippen LogP contribution is 2.46. The lowest BCUT2D eigenvalue weighted by Gasteiger charge is -2.44. The minimum Gasteiger partial charge on any atom is -0.389 e. The van der Waals surface area contributed by atoms with E-state index in [-0.39, 0.29) is 6.42 Å². The smallest absolute Gasteiger partial charge is 0.235 e. The van der Waals surface area contributed by atoms with E-state index in [1.54, 1.807) is 30.6 Å². The van der Waals surface area contributed by atoms with Crippen LogP contribution in [0.3, 0.4) is 0 Å². The minimum atomic E-state index is -1.66. The molecule has 1 heterocycles. The quantitative estimate of drug-likeness (QED) is 0.444. The number of aliphatic hydroxyl groups is 1. The maximum Gasteiger partial charge on any atom is 0.235 e. The molecule has 2 amide bonds. The Hall–Kier alpha value is -3.84. The molecule has 1 aromatic heterocycles. The van der Waals surface area contributed by atoms with Crippen molar-refractivity contribution >= 4 is 29.0 Å². The lowest BCUT2D eigenvalue weighted by Crippen LogP contribution is -2.56. The second-order valence-corrected chi connectivity index (χ2v) is 10.4. The lowest BCUT2D eigenvalue weighted by molar-refractivity contribution is -0.150. The Morgan fingerprint density at radius 1 is 0.865 bits per heavy atom. The lowest BCUT2D eigenvalue weighted by atomic mass is 9.61. The fourth-order valence-corrected chi connectivity index (χ4v) is 5.41. The monoisotopic (exact) mass is 499 g/mol. The number of anilines is 2. The molecule has 7 nitrogen and oxygen atoms in total. The summed E-state index contributed by atoms with van der Waals surface area (Å²) >= 11 is 0. The van der Waals surface area contributed by atoms with E-state index in [0.717, 1.165) is 22.3 Å². The van der Waals surface area contributed by atoms with Gasteiger partial charge in [0.2, 0.25) is 11.8 Å². The maximum absolute atomic E-state index is 13.8. The third-order valence-corrected chi connectivity index (χ3v) is 7.20. The SMILES string of the molecule is Cc1ccc(NC(=O)C2C(=O)CC(C)(O)C(C(=O)Nc3ccc(C)cc3C)C2c2ccncc2)c(C)c1. The summed E-state index contributed by atoms with van der Waals surface area (Å²) in [5, 5.41) is 17.3. The number of aromatic nitrogens is 1. The fraction of sp³-hybridized carbons (Fsp3) is 0.333. The van der Waals surface area contributed by atoms with Crippen molar-refractivity contribution < 1.29 is 19.5 Å². The summed E-state index contributed by atoms with van der Waals surface area (Å²) < 4.78 is 0. The van der Waals surface area contributed by atoms with Crippen LogP contribution in [-0.4, -0.2) is 33.3 Å². The van der Waals surface area contributed by atoms with Crippen LogP contribution >= 0.6 is 0 Å². The Bertz CT molecular complexity index is 1350. The van der Waals surface area contributed by atoms with Crippen LogP contribution in [-0.2, 0) is 14.4 Å². The van der Waals surface area contributed by atoms with Gasteiger partial charge in [-0.1, -0.05) is 35.4 Å². The van der Waals surface area contributed by atoms with Gasteiger partial charge in [-0.15, -0.1) is 0 Å². The molecule has 1 aliphatic carbocycles. The van der Waals surface area contributed by atoms with Gasteiger partial charge in [-0.05, 0) is 75.6 Å². The Kier molecular flexibility index (Phi) is 7.28. The van der Waals surface area contributed by atoms with Gasteiger partial charge in [0.25, 0.3) is 0 Å². The molecule has 0 saturated heterocycles. The second kappa shape index (κ2) is 10.3. The van der Waals surface area contributed by atoms with Crippen LogP contribution in [0.5, 0.6) is 0 Å². The largest absolute Gasteiger partial charge is 0.389 e. The van der Waals surface area contributed by atoms with Crippen LogP contribution in [0.4, 0.5) is 11.4 Å². The highest BCUT2D eigenvalue weighted by Gasteiger charge is 2.56. The Balaban J connectivity index is 1.75. The number of Topliss-reactive ketones (excluding diaryl/α,β-unsaturated/α-hetero) is 1. The number of carbonyl (C=O) groups is 3. The van der Waals surface area contributed by atoms with Gasteiger partial charge in [0.15, 0.2) is 0 Å². The van der Waals surface area contributed by atoms with Crippen molar-refractivity contribution in [3.63, 3.8) is 0 Å². The van der Waals surface area contributed by atoms with E-state index >= 15 is 0 Å². The highest BCUT2D eigenvalue weighted by atomic mass is 16.3. The summed E-state index contributed by atoms with van der Waals surface area (Å²) in [6, 6.07) is 14.7. The summed E-state index contributed by atoms with van der Waals surface area (Å²) in [6.45, 7) is 9.20. The first-order chi connectivity index (χ1) is 17.5. The number of benzene rings is 2. The number of nitrogens with one attached hydrogen (secondary N) is 2. The first kappa shape index (κ1) is 26.2. The molecule has 1 fully saturated rings. The molecular weight excluding hydrogens is 466 g/mol. The molecular formula is C30H33N3O4. The third kappa shape index (κ3) is 5.47. The van der Waals surface area contributed by atoms with Crippen molar-refractivity contribution in [3.05, 3.63) is 88.7 Å². The molecule has 7 heteroatoms. The van der Waals surface area contributed by atoms with Crippen molar-refractivity contribution in [2.24, 2.45) is 11.8 Å². The number of pyridine rings is 1. The van der Waals surface area contributed by atoms with Crippen LogP contribution in [0.1, 0.15) is 47.1 Å². The van der Waals surface area contributed by atoms with Crippen LogP contribution in [0, 0.1) is 39.5 Å². The highest BCUT2D eigenvalue weighted by molar-refractivity contribution is 6.10. The second-order valence-electron chi connectivity index (χ2n) is 10.4. The van der Waals surface area contributed by atoms with Crippen LogP contribution in [0.2, 0.25) is 0 Å². The summed E-state index contributed by atoms with van der Waals surface area (Å²) in [5.74, 6) is -4.49. The number of rotatable bonds is 5. The maximum atomic E-state index is 13.8.